The molecule has 1 heterocycles. The Labute approximate surface area is 269 Å². The van der Waals surface area contributed by atoms with Crippen molar-refractivity contribution in [3.8, 4) is 5.75 Å². The molecule has 0 aromatic heterocycles. The number of anilines is 1. The molecule has 0 aliphatic carbocycles. The number of carbonyl (C=O) groups excluding carboxylic acids is 3. The number of β-lactam (4-membered cyclic amide) rings is 1. The van der Waals surface area contributed by atoms with Gasteiger partial charge >= 0.3 is 5.97 Å². The summed E-state index contributed by atoms with van der Waals surface area (Å²) in [6.45, 7) is 3.88. The molecule has 0 radical (unpaired) electrons. The number of thioether (sulfide) groups is 1. The van der Waals surface area contributed by atoms with Crippen LogP contribution in [0.15, 0.2) is 72.8 Å². The Balaban J connectivity index is 1.38. The average molecular weight is 656 g/mol. The zero-order valence-corrected chi connectivity index (χ0v) is 26.2. The summed E-state index contributed by atoms with van der Waals surface area (Å²) < 4.78 is 32.5. The van der Waals surface area contributed by atoms with E-state index >= 15 is 0 Å². The van der Waals surface area contributed by atoms with E-state index in [-0.39, 0.29) is 11.7 Å². The number of nitrogens with zero attached hydrogens (tertiary/aromatic N) is 1. The van der Waals surface area contributed by atoms with Gasteiger partial charge in [-0.15, -0.1) is 11.8 Å². The van der Waals surface area contributed by atoms with Crippen molar-refractivity contribution in [3.05, 3.63) is 95.6 Å². The standard InChI is InChI=1S/C33H35F2N3O7S/c1-19(2)33(3,32(43)44)37-27(40)16-36-28(41)17-45-25-14-6-21(7-15-25)29-30(31(42)38(29)24-12-10-23(35)11-13-24)46-18-26(39)20-4-8-22(34)9-5-20/h4-15,19,26,29-30,39H,16-18H2,1-3H3,(H,36,41)(H,37,40)(H,43,44)/t26?,29-,30+,33-/m1/s1. The number of aliphatic carboxylic acids is 1. The van der Waals surface area contributed by atoms with Gasteiger partial charge in [0.05, 0.1) is 18.7 Å². The fraction of sp³-hybridized carbons (Fsp3) is 0.333. The molecule has 1 fully saturated rings. The van der Waals surface area contributed by atoms with Crippen molar-refractivity contribution in [2.75, 3.05) is 23.8 Å². The van der Waals surface area contributed by atoms with Gasteiger partial charge in [0.15, 0.2) is 6.61 Å². The molecule has 4 N–H and O–H groups in total. The number of carboxylic acids is 1. The molecular weight excluding hydrogens is 620 g/mol. The van der Waals surface area contributed by atoms with Crippen molar-refractivity contribution in [3.63, 3.8) is 0 Å². The highest BCUT2D eigenvalue weighted by Gasteiger charge is 2.49. The quantitative estimate of drug-likeness (QED) is 0.191. The van der Waals surface area contributed by atoms with Gasteiger partial charge in [0.2, 0.25) is 11.8 Å². The number of aliphatic hydroxyl groups excluding tert-OH is 1. The molecule has 0 bridgehead atoms. The predicted octanol–water partition coefficient (Wildman–Crippen LogP) is 4.00. The van der Waals surface area contributed by atoms with Crippen LogP contribution in [0.2, 0.25) is 0 Å². The lowest BCUT2D eigenvalue weighted by Crippen LogP contribution is -2.57. The van der Waals surface area contributed by atoms with Gasteiger partial charge in [0, 0.05) is 11.4 Å². The molecule has 0 saturated carbocycles. The van der Waals surface area contributed by atoms with Gasteiger partial charge in [-0.2, -0.15) is 0 Å². The highest BCUT2D eigenvalue weighted by atomic mass is 32.2. The topological polar surface area (TPSA) is 145 Å². The third kappa shape index (κ3) is 8.01. The zero-order chi connectivity index (χ0) is 33.6. The second kappa shape index (κ2) is 14.7. The monoisotopic (exact) mass is 655 g/mol. The van der Waals surface area contributed by atoms with Crippen LogP contribution in [0.3, 0.4) is 0 Å². The number of carbonyl (C=O) groups is 4. The molecule has 1 saturated heterocycles. The zero-order valence-electron chi connectivity index (χ0n) is 25.4. The van der Waals surface area contributed by atoms with E-state index < -0.39 is 71.4 Å². The number of benzene rings is 3. The van der Waals surface area contributed by atoms with Crippen molar-refractivity contribution in [1.82, 2.24) is 10.6 Å². The number of amides is 3. The minimum absolute atomic E-state index is 0.178. The third-order valence-electron chi connectivity index (χ3n) is 7.87. The van der Waals surface area contributed by atoms with Crippen LogP contribution in [0.4, 0.5) is 14.5 Å². The highest BCUT2D eigenvalue weighted by Crippen LogP contribution is 2.46. The normalized spacial score (nSPS) is 17.9. The molecule has 4 rings (SSSR count). The first-order valence-electron chi connectivity index (χ1n) is 14.5. The molecule has 1 aliphatic heterocycles. The number of carboxylic acid groups (broad SMARTS) is 1. The Morgan fingerprint density at radius 2 is 1.54 bits per heavy atom. The van der Waals surface area contributed by atoms with Crippen LogP contribution in [0.5, 0.6) is 5.75 Å². The molecular formula is C33H35F2N3O7S. The number of nitrogens with one attached hydrogen (secondary N) is 2. The Morgan fingerprint density at radius 1 is 0.957 bits per heavy atom. The SMILES string of the molecule is CC(C)[C@@](C)(NC(=O)CNC(=O)COc1ccc([C@@H]2[C@H](SCC(O)c3ccc(F)cc3)C(=O)N2c2ccc(F)cc2)cc1)C(=O)O. The highest BCUT2D eigenvalue weighted by molar-refractivity contribution is 8.00. The van der Waals surface area contributed by atoms with E-state index in [0.29, 0.717) is 17.0 Å². The van der Waals surface area contributed by atoms with Gasteiger partial charge in [0.25, 0.3) is 5.91 Å². The Kier molecular flexibility index (Phi) is 11.0. The number of halogens is 2. The maximum Gasteiger partial charge on any atom is 0.329 e. The predicted molar refractivity (Wildman–Crippen MR) is 168 cm³/mol. The first kappa shape index (κ1) is 34.4. The molecule has 244 valence electrons. The van der Waals surface area contributed by atoms with E-state index in [1.807, 2.05) is 0 Å². The van der Waals surface area contributed by atoms with Crippen LogP contribution in [0, 0.1) is 17.6 Å². The lowest BCUT2D eigenvalue weighted by atomic mass is 9.88. The summed E-state index contributed by atoms with van der Waals surface area (Å²) in [5.41, 5.74) is 0.272. The molecule has 4 atom stereocenters. The van der Waals surface area contributed by atoms with Crippen molar-refractivity contribution in [1.29, 1.82) is 0 Å². The maximum absolute atomic E-state index is 13.6. The van der Waals surface area contributed by atoms with Crippen molar-refractivity contribution in [2.24, 2.45) is 5.92 Å². The van der Waals surface area contributed by atoms with Gasteiger partial charge in [-0.25, -0.2) is 13.6 Å². The summed E-state index contributed by atoms with van der Waals surface area (Å²) in [5, 5.41) is 24.3. The van der Waals surface area contributed by atoms with Crippen LogP contribution in [-0.4, -0.2) is 63.6 Å². The van der Waals surface area contributed by atoms with Gasteiger partial charge < -0.3 is 30.5 Å². The Bertz CT molecular complexity index is 1550. The van der Waals surface area contributed by atoms with Crippen molar-refractivity contribution >= 4 is 41.1 Å². The third-order valence-corrected chi connectivity index (χ3v) is 9.20. The fourth-order valence-corrected chi connectivity index (χ4v) is 6.03. The summed E-state index contributed by atoms with van der Waals surface area (Å²) in [6.07, 6.45) is -0.927. The molecule has 46 heavy (non-hydrogen) atoms. The van der Waals surface area contributed by atoms with Crippen LogP contribution in [0.25, 0.3) is 0 Å². The maximum atomic E-state index is 13.6. The lowest BCUT2D eigenvalue weighted by molar-refractivity contribution is -0.148. The minimum Gasteiger partial charge on any atom is -0.484 e. The summed E-state index contributed by atoms with van der Waals surface area (Å²) in [4.78, 5) is 50.9. The average Bonchev–Trinajstić information content (AvgIpc) is 3.02. The molecule has 3 amide bonds. The Hall–Kier alpha value is -4.49. The van der Waals surface area contributed by atoms with E-state index in [1.54, 1.807) is 43.0 Å². The van der Waals surface area contributed by atoms with E-state index in [4.69, 9.17) is 4.74 Å². The molecule has 1 aliphatic rings. The van der Waals surface area contributed by atoms with Crippen LogP contribution in [-0.2, 0) is 19.2 Å². The summed E-state index contributed by atoms with van der Waals surface area (Å²) in [7, 11) is 0. The molecule has 1 unspecified atom stereocenters. The number of ether oxygens (including phenoxy) is 1. The first-order valence-corrected chi connectivity index (χ1v) is 15.5. The Morgan fingerprint density at radius 3 is 2.11 bits per heavy atom. The van der Waals surface area contributed by atoms with Crippen molar-refractivity contribution < 1.29 is 42.9 Å². The molecule has 3 aromatic rings. The van der Waals surface area contributed by atoms with Gasteiger partial charge in [0.1, 0.15) is 28.2 Å². The van der Waals surface area contributed by atoms with Crippen molar-refractivity contribution in [2.45, 2.75) is 43.7 Å². The second-order valence-corrected chi connectivity index (χ2v) is 12.5. The first-order chi connectivity index (χ1) is 21.8. The van der Waals surface area contributed by atoms with E-state index in [2.05, 4.69) is 10.6 Å². The second-order valence-electron chi connectivity index (χ2n) is 11.3. The van der Waals surface area contributed by atoms with E-state index in [0.717, 1.165) is 5.56 Å². The number of aliphatic hydroxyl groups is 1. The smallest absolute Gasteiger partial charge is 0.329 e. The number of hydrogen-bond acceptors (Lipinski definition) is 7. The summed E-state index contributed by atoms with van der Waals surface area (Å²) in [5.74, 6) is -3.39. The minimum atomic E-state index is -1.49. The van der Waals surface area contributed by atoms with Gasteiger partial charge in [-0.3, -0.25) is 14.4 Å². The lowest BCUT2D eigenvalue weighted by Gasteiger charge is -2.47. The van der Waals surface area contributed by atoms with Gasteiger partial charge in [-0.1, -0.05) is 38.1 Å². The molecule has 3 aromatic carbocycles. The largest absolute Gasteiger partial charge is 0.484 e. The van der Waals surface area contributed by atoms with Crippen LogP contribution < -0.4 is 20.3 Å². The molecule has 0 spiro atoms. The summed E-state index contributed by atoms with van der Waals surface area (Å²) in [6, 6.07) is 17.3. The number of rotatable bonds is 14. The fourth-order valence-electron chi connectivity index (χ4n) is 4.73. The van der Waals surface area contributed by atoms with Gasteiger partial charge in [-0.05, 0) is 72.5 Å². The molecule has 13 heteroatoms. The van der Waals surface area contributed by atoms with E-state index in [9.17, 15) is 38.2 Å². The van der Waals surface area contributed by atoms with E-state index in [1.165, 1.54) is 67.2 Å². The van der Waals surface area contributed by atoms with Crippen LogP contribution >= 0.6 is 11.8 Å². The number of hydrogen-bond donors (Lipinski definition) is 4. The van der Waals surface area contributed by atoms with Crippen LogP contribution in [0.1, 0.15) is 44.0 Å². The molecule has 10 nitrogen and oxygen atoms in total. The summed E-state index contributed by atoms with van der Waals surface area (Å²) >= 11 is 1.26.